The average Bonchev–Trinajstić information content (AvgIpc) is 2.84. The van der Waals surface area contributed by atoms with Crippen LogP contribution in [-0.2, 0) is 0 Å². The van der Waals surface area contributed by atoms with Crippen LogP contribution < -0.4 is 11.1 Å². The minimum atomic E-state index is -0.0590. The van der Waals surface area contributed by atoms with Gasteiger partial charge < -0.3 is 16.0 Å². The van der Waals surface area contributed by atoms with E-state index in [1.54, 1.807) is 12.3 Å². The number of rotatable bonds is 3. The third kappa shape index (κ3) is 2.56. The fraction of sp³-hybridized carbons (Fsp3) is 0.583. The van der Waals surface area contributed by atoms with Gasteiger partial charge in [-0.15, -0.1) is 0 Å². The molecule has 16 heavy (non-hydrogen) atoms. The van der Waals surface area contributed by atoms with Gasteiger partial charge in [0.05, 0.1) is 0 Å². The van der Waals surface area contributed by atoms with Crippen LogP contribution in [0.4, 0.5) is 5.69 Å². The summed E-state index contributed by atoms with van der Waals surface area (Å²) >= 11 is 0. The Morgan fingerprint density at radius 2 is 2.44 bits per heavy atom. The van der Waals surface area contributed by atoms with Crippen molar-refractivity contribution < 1.29 is 4.79 Å². The van der Waals surface area contributed by atoms with Gasteiger partial charge in [0, 0.05) is 18.4 Å². The second-order valence-corrected chi connectivity index (χ2v) is 4.84. The standard InChI is InChI=1S/C12H19N3O/c1-8-2-3-9(4-8)6-15-12(16)11-5-10(13)7-14-11/h5,7-9,14H,2-4,6,13H2,1H3,(H,15,16). The lowest BCUT2D eigenvalue weighted by molar-refractivity contribution is 0.0942. The highest BCUT2D eigenvalue weighted by Gasteiger charge is 2.21. The van der Waals surface area contributed by atoms with Crippen molar-refractivity contribution in [3.05, 3.63) is 18.0 Å². The molecule has 88 valence electrons. The molecule has 0 radical (unpaired) electrons. The summed E-state index contributed by atoms with van der Waals surface area (Å²) in [6.07, 6.45) is 5.38. The number of amides is 1. The van der Waals surface area contributed by atoms with Crippen molar-refractivity contribution in [3.8, 4) is 0 Å². The highest BCUT2D eigenvalue weighted by Crippen LogP contribution is 2.29. The van der Waals surface area contributed by atoms with E-state index in [2.05, 4.69) is 17.2 Å². The number of anilines is 1. The molecule has 1 aliphatic carbocycles. The smallest absolute Gasteiger partial charge is 0.267 e. The van der Waals surface area contributed by atoms with Crippen LogP contribution in [0.2, 0.25) is 0 Å². The molecule has 2 rings (SSSR count). The number of aromatic amines is 1. The molecule has 0 aliphatic heterocycles. The molecular weight excluding hydrogens is 202 g/mol. The number of hydrogen-bond donors (Lipinski definition) is 3. The van der Waals surface area contributed by atoms with Gasteiger partial charge in [0.1, 0.15) is 5.69 Å². The maximum atomic E-state index is 11.7. The van der Waals surface area contributed by atoms with Crippen LogP contribution in [0.25, 0.3) is 0 Å². The van der Waals surface area contributed by atoms with Gasteiger partial charge in [-0.3, -0.25) is 4.79 Å². The molecule has 1 aromatic rings. The maximum absolute atomic E-state index is 11.7. The molecule has 2 atom stereocenters. The van der Waals surface area contributed by atoms with E-state index in [4.69, 9.17) is 5.73 Å². The monoisotopic (exact) mass is 221 g/mol. The quantitative estimate of drug-likeness (QED) is 0.728. The Morgan fingerprint density at radius 1 is 1.62 bits per heavy atom. The van der Waals surface area contributed by atoms with Crippen LogP contribution in [-0.4, -0.2) is 17.4 Å². The SMILES string of the molecule is CC1CCC(CNC(=O)c2cc(N)c[nH]2)C1. The first-order chi connectivity index (χ1) is 7.65. The van der Waals surface area contributed by atoms with Gasteiger partial charge in [0.2, 0.25) is 0 Å². The summed E-state index contributed by atoms with van der Waals surface area (Å²) in [6, 6.07) is 1.66. The highest BCUT2D eigenvalue weighted by atomic mass is 16.1. The number of carbonyl (C=O) groups excluding carboxylic acids is 1. The van der Waals surface area contributed by atoms with Crippen molar-refractivity contribution in [3.63, 3.8) is 0 Å². The summed E-state index contributed by atoms with van der Waals surface area (Å²) in [6.45, 7) is 3.05. The van der Waals surface area contributed by atoms with Gasteiger partial charge in [-0.25, -0.2) is 0 Å². The summed E-state index contributed by atoms with van der Waals surface area (Å²) in [5.41, 5.74) is 6.68. The molecule has 0 bridgehead atoms. The molecule has 1 amide bonds. The number of nitrogen functional groups attached to an aromatic ring is 1. The average molecular weight is 221 g/mol. The predicted molar refractivity (Wildman–Crippen MR) is 64.0 cm³/mol. The van der Waals surface area contributed by atoms with E-state index in [-0.39, 0.29) is 5.91 Å². The number of carbonyl (C=O) groups is 1. The van der Waals surface area contributed by atoms with Crippen LogP contribution in [0.1, 0.15) is 36.7 Å². The number of aromatic nitrogens is 1. The largest absolute Gasteiger partial charge is 0.397 e. The van der Waals surface area contributed by atoms with Crippen molar-refractivity contribution in [2.75, 3.05) is 12.3 Å². The van der Waals surface area contributed by atoms with E-state index >= 15 is 0 Å². The number of H-pyrrole nitrogens is 1. The third-order valence-corrected chi connectivity index (χ3v) is 3.30. The highest BCUT2D eigenvalue weighted by molar-refractivity contribution is 5.93. The molecule has 0 saturated heterocycles. The van der Waals surface area contributed by atoms with E-state index in [1.165, 1.54) is 19.3 Å². The molecule has 4 nitrogen and oxygen atoms in total. The Kier molecular flexibility index (Phi) is 3.17. The van der Waals surface area contributed by atoms with E-state index in [1.807, 2.05) is 0 Å². The van der Waals surface area contributed by atoms with Crippen LogP contribution in [0.15, 0.2) is 12.3 Å². The lowest BCUT2D eigenvalue weighted by Gasteiger charge is -2.10. The van der Waals surface area contributed by atoms with E-state index in [9.17, 15) is 4.79 Å². The molecule has 1 aromatic heterocycles. The van der Waals surface area contributed by atoms with Crippen molar-refractivity contribution in [2.24, 2.45) is 11.8 Å². The zero-order valence-electron chi connectivity index (χ0n) is 9.62. The van der Waals surface area contributed by atoms with Crippen LogP contribution in [0.3, 0.4) is 0 Å². The predicted octanol–water partition coefficient (Wildman–Crippen LogP) is 1.76. The molecule has 1 heterocycles. The van der Waals surface area contributed by atoms with Gasteiger partial charge in [-0.05, 0) is 30.7 Å². The number of nitrogens with two attached hydrogens (primary N) is 1. The Hall–Kier alpha value is -1.45. The number of hydrogen-bond acceptors (Lipinski definition) is 2. The zero-order chi connectivity index (χ0) is 11.5. The van der Waals surface area contributed by atoms with Gasteiger partial charge >= 0.3 is 0 Å². The summed E-state index contributed by atoms with van der Waals surface area (Å²) in [7, 11) is 0. The Balaban J connectivity index is 1.80. The lowest BCUT2D eigenvalue weighted by Crippen LogP contribution is -2.28. The molecule has 1 fully saturated rings. The van der Waals surface area contributed by atoms with E-state index in [0.717, 1.165) is 12.5 Å². The topological polar surface area (TPSA) is 70.9 Å². The van der Waals surface area contributed by atoms with E-state index in [0.29, 0.717) is 17.3 Å². The van der Waals surface area contributed by atoms with Crippen molar-refractivity contribution >= 4 is 11.6 Å². The fourth-order valence-corrected chi connectivity index (χ4v) is 2.38. The van der Waals surface area contributed by atoms with Gasteiger partial charge in [0.15, 0.2) is 0 Å². The summed E-state index contributed by atoms with van der Waals surface area (Å²) < 4.78 is 0. The third-order valence-electron chi connectivity index (χ3n) is 3.30. The Morgan fingerprint density at radius 3 is 3.00 bits per heavy atom. The second-order valence-electron chi connectivity index (χ2n) is 4.84. The van der Waals surface area contributed by atoms with Crippen molar-refractivity contribution in [1.29, 1.82) is 0 Å². The lowest BCUT2D eigenvalue weighted by atomic mass is 10.1. The molecule has 0 aromatic carbocycles. The van der Waals surface area contributed by atoms with Crippen molar-refractivity contribution in [2.45, 2.75) is 26.2 Å². The molecule has 4 heteroatoms. The first kappa shape index (κ1) is 11.0. The van der Waals surface area contributed by atoms with Gasteiger partial charge in [0.25, 0.3) is 5.91 Å². The summed E-state index contributed by atoms with van der Waals surface area (Å²) in [4.78, 5) is 14.6. The molecule has 0 spiro atoms. The van der Waals surface area contributed by atoms with Crippen molar-refractivity contribution in [1.82, 2.24) is 10.3 Å². The second kappa shape index (κ2) is 4.60. The van der Waals surface area contributed by atoms with Crippen LogP contribution in [0, 0.1) is 11.8 Å². The van der Waals surface area contributed by atoms with E-state index < -0.39 is 0 Å². The molecule has 1 saturated carbocycles. The first-order valence-corrected chi connectivity index (χ1v) is 5.87. The van der Waals surface area contributed by atoms with Gasteiger partial charge in [-0.2, -0.15) is 0 Å². The number of nitrogens with one attached hydrogen (secondary N) is 2. The molecular formula is C12H19N3O. The first-order valence-electron chi connectivity index (χ1n) is 5.87. The fourth-order valence-electron chi connectivity index (χ4n) is 2.38. The van der Waals surface area contributed by atoms with Crippen LogP contribution >= 0.6 is 0 Å². The maximum Gasteiger partial charge on any atom is 0.267 e. The summed E-state index contributed by atoms with van der Waals surface area (Å²) in [5, 5.41) is 2.95. The van der Waals surface area contributed by atoms with Gasteiger partial charge in [-0.1, -0.05) is 13.3 Å². The zero-order valence-corrected chi connectivity index (χ0v) is 9.62. The van der Waals surface area contributed by atoms with Crippen LogP contribution in [0.5, 0.6) is 0 Å². The normalized spacial score (nSPS) is 24.6. The minimum Gasteiger partial charge on any atom is -0.397 e. The molecule has 4 N–H and O–H groups in total. The Labute approximate surface area is 95.6 Å². The minimum absolute atomic E-state index is 0.0590. The Bertz CT molecular complexity index is 372. The summed E-state index contributed by atoms with van der Waals surface area (Å²) in [5.74, 6) is 1.39. The molecule has 1 aliphatic rings. The molecule has 2 unspecified atom stereocenters.